The van der Waals surface area contributed by atoms with Gasteiger partial charge in [0, 0.05) is 18.8 Å². The predicted molar refractivity (Wildman–Crippen MR) is 61.4 cm³/mol. The number of hydrogen-bond acceptors (Lipinski definition) is 4. The third-order valence-corrected chi connectivity index (χ3v) is 2.60. The van der Waals surface area contributed by atoms with Crippen molar-refractivity contribution in [1.29, 1.82) is 0 Å². The summed E-state index contributed by atoms with van der Waals surface area (Å²) in [4.78, 5) is 15.0. The highest BCUT2D eigenvalue weighted by atomic mass is 16.5. The zero-order valence-corrected chi connectivity index (χ0v) is 9.56. The van der Waals surface area contributed by atoms with E-state index in [-0.39, 0.29) is 5.91 Å². The van der Waals surface area contributed by atoms with E-state index < -0.39 is 6.61 Å². The highest BCUT2D eigenvalue weighted by Gasteiger charge is 2.22. The molecule has 2 rings (SSSR count). The average Bonchev–Trinajstić information content (AvgIpc) is 3.18. The highest BCUT2D eigenvalue weighted by molar-refractivity contribution is 5.76. The Hall–Kier alpha value is -1.62. The SMILES string of the molecule is O=C(CO)NCc1ccnc(OCC2CC2)c1. The first-order valence-corrected chi connectivity index (χ1v) is 5.73. The monoisotopic (exact) mass is 236 g/mol. The number of ether oxygens (including phenoxy) is 1. The van der Waals surface area contributed by atoms with E-state index in [1.54, 1.807) is 12.3 Å². The minimum Gasteiger partial charge on any atom is -0.477 e. The molecule has 1 saturated carbocycles. The molecule has 1 fully saturated rings. The quantitative estimate of drug-likeness (QED) is 0.753. The molecule has 0 aliphatic heterocycles. The highest BCUT2D eigenvalue weighted by Crippen LogP contribution is 2.29. The summed E-state index contributed by atoms with van der Waals surface area (Å²) < 4.78 is 5.53. The summed E-state index contributed by atoms with van der Waals surface area (Å²) in [5.74, 6) is 0.893. The van der Waals surface area contributed by atoms with Crippen LogP contribution in [0.15, 0.2) is 18.3 Å². The molecule has 1 aliphatic carbocycles. The summed E-state index contributed by atoms with van der Waals surface area (Å²) in [6, 6.07) is 3.61. The molecule has 92 valence electrons. The number of hydrogen-bond donors (Lipinski definition) is 2. The van der Waals surface area contributed by atoms with Crippen molar-refractivity contribution in [2.45, 2.75) is 19.4 Å². The number of aromatic nitrogens is 1. The van der Waals surface area contributed by atoms with E-state index in [9.17, 15) is 4.79 Å². The first-order valence-electron chi connectivity index (χ1n) is 5.73. The van der Waals surface area contributed by atoms with E-state index in [0.717, 1.165) is 12.2 Å². The molecule has 1 aliphatic rings. The van der Waals surface area contributed by atoms with E-state index in [4.69, 9.17) is 9.84 Å². The van der Waals surface area contributed by atoms with Gasteiger partial charge in [0.15, 0.2) is 0 Å². The van der Waals surface area contributed by atoms with Gasteiger partial charge in [-0.3, -0.25) is 4.79 Å². The molecule has 0 radical (unpaired) electrons. The van der Waals surface area contributed by atoms with Gasteiger partial charge in [0.1, 0.15) is 6.61 Å². The number of aliphatic hydroxyl groups is 1. The van der Waals surface area contributed by atoms with Crippen molar-refractivity contribution in [3.63, 3.8) is 0 Å². The van der Waals surface area contributed by atoms with E-state index in [2.05, 4.69) is 10.3 Å². The lowest BCUT2D eigenvalue weighted by Crippen LogP contribution is -2.25. The lowest BCUT2D eigenvalue weighted by atomic mass is 10.2. The Balaban J connectivity index is 1.84. The van der Waals surface area contributed by atoms with Gasteiger partial charge in [0.05, 0.1) is 6.61 Å². The molecular weight excluding hydrogens is 220 g/mol. The van der Waals surface area contributed by atoms with Crippen molar-refractivity contribution < 1.29 is 14.6 Å². The summed E-state index contributed by atoms with van der Waals surface area (Å²) in [5.41, 5.74) is 0.910. The van der Waals surface area contributed by atoms with Crippen LogP contribution in [0, 0.1) is 5.92 Å². The van der Waals surface area contributed by atoms with Crippen LogP contribution in [0.1, 0.15) is 18.4 Å². The van der Waals surface area contributed by atoms with Crippen LogP contribution in [0.5, 0.6) is 5.88 Å². The average molecular weight is 236 g/mol. The van der Waals surface area contributed by atoms with Gasteiger partial charge in [-0.25, -0.2) is 4.98 Å². The maximum atomic E-state index is 10.9. The van der Waals surface area contributed by atoms with Crippen molar-refractivity contribution in [1.82, 2.24) is 10.3 Å². The molecule has 0 unspecified atom stereocenters. The van der Waals surface area contributed by atoms with Crippen LogP contribution in [0.25, 0.3) is 0 Å². The molecule has 0 bridgehead atoms. The van der Waals surface area contributed by atoms with E-state index in [0.29, 0.717) is 18.3 Å². The molecule has 0 atom stereocenters. The number of aliphatic hydroxyl groups excluding tert-OH is 1. The molecule has 1 aromatic heterocycles. The predicted octanol–water partition coefficient (Wildman–Crippen LogP) is 0.479. The van der Waals surface area contributed by atoms with Crippen molar-refractivity contribution in [3.8, 4) is 5.88 Å². The molecule has 17 heavy (non-hydrogen) atoms. The normalized spacial score (nSPS) is 14.4. The third kappa shape index (κ3) is 4.03. The second-order valence-electron chi connectivity index (χ2n) is 4.19. The van der Waals surface area contributed by atoms with E-state index in [1.807, 2.05) is 6.07 Å². The number of carbonyl (C=O) groups excluding carboxylic acids is 1. The Morgan fingerprint density at radius 3 is 3.12 bits per heavy atom. The molecule has 1 heterocycles. The minimum atomic E-state index is -0.490. The fourth-order valence-electron chi connectivity index (χ4n) is 1.38. The van der Waals surface area contributed by atoms with Crippen LogP contribution in [-0.2, 0) is 11.3 Å². The number of amides is 1. The van der Waals surface area contributed by atoms with Gasteiger partial charge in [0.25, 0.3) is 0 Å². The summed E-state index contributed by atoms with van der Waals surface area (Å²) in [6.07, 6.45) is 4.14. The summed E-state index contributed by atoms with van der Waals surface area (Å²) in [7, 11) is 0. The maximum absolute atomic E-state index is 10.9. The number of pyridine rings is 1. The Bertz CT molecular complexity index is 391. The molecule has 0 spiro atoms. The van der Waals surface area contributed by atoms with Crippen LogP contribution in [0.2, 0.25) is 0 Å². The lowest BCUT2D eigenvalue weighted by molar-refractivity contribution is -0.123. The van der Waals surface area contributed by atoms with E-state index >= 15 is 0 Å². The molecule has 0 saturated heterocycles. The van der Waals surface area contributed by atoms with Crippen LogP contribution in [0.4, 0.5) is 0 Å². The third-order valence-electron chi connectivity index (χ3n) is 2.60. The lowest BCUT2D eigenvalue weighted by Gasteiger charge is -2.07. The van der Waals surface area contributed by atoms with Crippen molar-refractivity contribution in [3.05, 3.63) is 23.9 Å². The Kier molecular flexibility index (Phi) is 3.93. The molecule has 1 amide bonds. The van der Waals surface area contributed by atoms with Gasteiger partial charge in [-0.05, 0) is 30.4 Å². The van der Waals surface area contributed by atoms with Gasteiger partial charge < -0.3 is 15.2 Å². The number of nitrogens with zero attached hydrogens (tertiary/aromatic N) is 1. The minimum absolute atomic E-state index is 0.377. The standard InChI is InChI=1S/C12H16N2O3/c15-7-11(16)14-6-10-3-4-13-12(5-10)17-8-9-1-2-9/h3-5,9,15H,1-2,6-8H2,(H,14,16). The van der Waals surface area contributed by atoms with Crippen LogP contribution in [-0.4, -0.2) is 29.2 Å². The molecule has 5 nitrogen and oxygen atoms in total. The second kappa shape index (κ2) is 5.63. The summed E-state index contributed by atoms with van der Waals surface area (Å²) in [6.45, 7) is 0.608. The molecular formula is C12H16N2O3. The summed E-state index contributed by atoms with van der Waals surface area (Å²) >= 11 is 0. The van der Waals surface area contributed by atoms with Gasteiger partial charge in [-0.15, -0.1) is 0 Å². The largest absolute Gasteiger partial charge is 0.477 e. The summed E-state index contributed by atoms with van der Waals surface area (Å²) in [5, 5.41) is 11.2. The van der Waals surface area contributed by atoms with Gasteiger partial charge >= 0.3 is 0 Å². The molecule has 5 heteroatoms. The number of carbonyl (C=O) groups is 1. The zero-order chi connectivity index (χ0) is 12.1. The fourth-order valence-corrected chi connectivity index (χ4v) is 1.38. The van der Waals surface area contributed by atoms with Crippen molar-refractivity contribution >= 4 is 5.91 Å². The first-order chi connectivity index (χ1) is 8.28. The van der Waals surface area contributed by atoms with Crippen LogP contribution in [0.3, 0.4) is 0 Å². The van der Waals surface area contributed by atoms with E-state index in [1.165, 1.54) is 12.8 Å². The topological polar surface area (TPSA) is 71.5 Å². The second-order valence-corrected chi connectivity index (χ2v) is 4.19. The number of rotatable bonds is 6. The number of nitrogens with one attached hydrogen (secondary N) is 1. The Labute approximate surface area is 99.8 Å². The molecule has 0 aromatic carbocycles. The van der Waals surface area contributed by atoms with Crippen molar-refractivity contribution in [2.75, 3.05) is 13.2 Å². The van der Waals surface area contributed by atoms with Crippen LogP contribution >= 0.6 is 0 Å². The Morgan fingerprint density at radius 2 is 2.41 bits per heavy atom. The first kappa shape index (κ1) is 11.9. The Morgan fingerprint density at radius 1 is 1.59 bits per heavy atom. The maximum Gasteiger partial charge on any atom is 0.245 e. The smallest absolute Gasteiger partial charge is 0.245 e. The zero-order valence-electron chi connectivity index (χ0n) is 9.56. The fraction of sp³-hybridized carbons (Fsp3) is 0.500. The van der Waals surface area contributed by atoms with Crippen molar-refractivity contribution in [2.24, 2.45) is 5.92 Å². The molecule has 2 N–H and O–H groups in total. The molecule has 1 aromatic rings. The van der Waals surface area contributed by atoms with Gasteiger partial charge in [-0.2, -0.15) is 0 Å². The van der Waals surface area contributed by atoms with Gasteiger partial charge in [0.2, 0.25) is 11.8 Å². The van der Waals surface area contributed by atoms with Crippen LogP contribution < -0.4 is 10.1 Å². The van der Waals surface area contributed by atoms with Gasteiger partial charge in [-0.1, -0.05) is 0 Å².